The van der Waals surface area contributed by atoms with Crippen molar-refractivity contribution in [2.24, 2.45) is 0 Å². The Kier molecular flexibility index (Phi) is 5.39. The Labute approximate surface area is 123 Å². The van der Waals surface area contributed by atoms with Crippen molar-refractivity contribution in [2.75, 3.05) is 11.9 Å². The van der Waals surface area contributed by atoms with Crippen molar-refractivity contribution >= 4 is 17.0 Å². The SMILES string of the molecule is CC(Nc1cccc(OCCCC#N)c1)c1nccs1. The highest BCUT2D eigenvalue weighted by atomic mass is 32.1. The van der Waals surface area contributed by atoms with Gasteiger partial charge in [-0.3, -0.25) is 0 Å². The highest BCUT2D eigenvalue weighted by Crippen LogP contribution is 2.23. The van der Waals surface area contributed by atoms with E-state index in [-0.39, 0.29) is 6.04 Å². The largest absolute Gasteiger partial charge is 0.493 e. The fraction of sp³-hybridized carbons (Fsp3) is 0.333. The molecule has 0 amide bonds. The van der Waals surface area contributed by atoms with Gasteiger partial charge in [-0.05, 0) is 25.5 Å². The minimum Gasteiger partial charge on any atom is -0.493 e. The second-order valence-electron chi connectivity index (χ2n) is 4.37. The molecule has 0 aliphatic carbocycles. The monoisotopic (exact) mass is 287 g/mol. The molecule has 0 spiro atoms. The van der Waals surface area contributed by atoms with Crippen molar-refractivity contribution < 1.29 is 4.74 Å². The summed E-state index contributed by atoms with van der Waals surface area (Å²) in [6, 6.07) is 10.1. The Hall–Kier alpha value is -2.06. The zero-order valence-electron chi connectivity index (χ0n) is 11.4. The first-order valence-electron chi connectivity index (χ1n) is 6.55. The number of unbranched alkanes of at least 4 members (excludes halogenated alkanes) is 1. The number of nitrogens with one attached hydrogen (secondary N) is 1. The predicted molar refractivity (Wildman–Crippen MR) is 80.9 cm³/mol. The summed E-state index contributed by atoms with van der Waals surface area (Å²) in [7, 11) is 0. The van der Waals surface area contributed by atoms with Crippen LogP contribution >= 0.6 is 11.3 Å². The number of nitriles is 1. The first kappa shape index (κ1) is 14.4. The van der Waals surface area contributed by atoms with Gasteiger partial charge >= 0.3 is 0 Å². The number of hydrogen-bond acceptors (Lipinski definition) is 5. The molecule has 0 saturated carbocycles. The van der Waals surface area contributed by atoms with Crippen molar-refractivity contribution in [3.63, 3.8) is 0 Å². The second-order valence-corrected chi connectivity index (χ2v) is 5.30. The van der Waals surface area contributed by atoms with Gasteiger partial charge < -0.3 is 10.1 Å². The number of aromatic nitrogens is 1. The van der Waals surface area contributed by atoms with Crippen LogP contribution < -0.4 is 10.1 Å². The number of hydrogen-bond donors (Lipinski definition) is 1. The van der Waals surface area contributed by atoms with Crippen molar-refractivity contribution in [3.8, 4) is 11.8 Å². The van der Waals surface area contributed by atoms with Gasteiger partial charge in [0.05, 0.1) is 18.7 Å². The van der Waals surface area contributed by atoms with E-state index in [1.165, 1.54) is 0 Å². The topological polar surface area (TPSA) is 57.9 Å². The summed E-state index contributed by atoms with van der Waals surface area (Å²) in [5.41, 5.74) is 1.01. The minimum atomic E-state index is 0.170. The summed E-state index contributed by atoms with van der Waals surface area (Å²) in [6.45, 7) is 2.65. The zero-order valence-corrected chi connectivity index (χ0v) is 12.2. The third-order valence-corrected chi connectivity index (χ3v) is 3.70. The van der Waals surface area contributed by atoms with Gasteiger partial charge in [-0.25, -0.2) is 4.98 Å². The number of thiazole rings is 1. The molecule has 104 valence electrons. The van der Waals surface area contributed by atoms with E-state index in [1.807, 2.05) is 35.8 Å². The molecule has 2 rings (SSSR count). The maximum Gasteiger partial charge on any atom is 0.121 e. The van der Waals surface area contributed by atoms with Gasteiger partial charge in [-0.15, -0.1) is 11.3 Å². The Morgan fingerprint density at radius 1 is 1.50 bits per heavy atom. The molecule has 1 heterocycles. The number of benzene rings is 1. The van der Waals surface area contributed by atoms with Crippen LogP contribution in [0.5, 0.6) is 5.75 Å². The lowest BCUT2D eigenvalue weighted by atomic mass is 10.2. The molecule has 0 aliphatic rings. The summed E-state index contributed by atoms with van der Waals surface area (Å²) in [5, 5.41) is 14.9. The molecule has 0 radical (unpaired) electrons. The Bertz CT molecular complexity index is 563. The summed E-state index contributed by atoms with van der Waals surface area (Å²) in [5.74, 6) is 0.819. The molecule has 1 unspecified atom stereocenters. The molecule has 1 aromatic heterocycles. The van der Waals surface area contributed by atoms with Gasteiger partial charge in [-0.2, -0.15) is 5.26 Å². The maximum absolute atomic E-state index is 8.48. The molecule has 5 heteroatoms. The first-order chi connectivity index (χ1) is 9.79. The van der Waals surface area contributed by atoms with Gasteiger partial charge in [0.2, 0.25) is 0 Å². The average molecular weight is 287 g/mol. The van der Waals surface area contributed by atoms with Crippen molar-refractivity contribution in [1.82, 2.24) is 4.98 Å². The van der Waals surface area contributed by atoms with Crippen molar-refractivity contribution in [1.29, 1.82) is 5.26 Å². The van der Waals surface area contributed by atoms with Crippen LogP contribution in [-0.4, -0.2) is 11.6 Å². The molecule has 0 fully saturated rings. The average Bonchev–Trinajstić information content (AvgIpc) is 2.98. The highest BCUT2D eigenvalue weighted by Gasteiger charge is 2.07. The predicted octanol–water partition coefficient (Wildman–Crippen LogP) is 4.00. The molecule has 0 aliphatic heterocycles. The van der Waals surface area contributed by atoms with E-state index in [0.29, 0.717) is 13.0 Å². The Morgan fingerprint density at radius 2 is 2.40 bits per heavy atom. The van der Waals surface area contributed by atoms with Gasteiger partial charge in [0, 0.05) is 29.8 Å². The van der Waals surface area contributed by atoms with Crippen molar-refractivity contribution in [3.05, 3.63) is 40.8 Å². The molecular weight excluding hydrogens is 270 g/mol. The van der Waals surface area contributed by atoms with E-state index >= 15 is 0 Å². The Balaban J connectivity index is 1.91. The zero-order chi connectivity index (χ0) is 14.2. The standard InChI is InChI=1S/C15H17N3OS/c1-12(15-17-8-10-20-15)18-13-5-4-6-14(11-13)19-9-3-2-7-16/h4-6,8,10-12,18H,2-3,9H2,1H3. The van der Waals surface area contributed by atoms with Gasteiger partial charge in [-0.1, -0.05) is 6.07 Å². The van der Waals surface area contributed by atoms with E-state index in [9.17, 15) is 0 Å². The lowest BCUT2D eigenvalue weighted by molar-refractivity contribution is 0.313. The molecular formula is C15H17N3OS. The molecule has 2 aromatic rings. The number of ether oxygens (including phenoxy) is 1. The van der Waals surface area contributed by atoms with E-state index < -0.39 is 0 Å². The first-order valence-corrected chi connectivity index (χ1v) is 7.43. The third kappa shape index (κ3) is 4.25. The number of nitrogens with zero attached hydrogens (tertiary/aromatic N) is 2. The molecule has 1 N–H and O–H groups in total. The summed E-state index contributed by atoms with van der Waals surface area (Å²) >= 11 is 1.64. The van der Waals surface area contributed by atoms with Crippen LogP contribution in [-0.2, 0) is 0 Å². The maximum atomic E-state index is 8.48. The molecule has 1 aromatic carbocycles. The van der Waals surface area contributed by atoms with Crippen LogP contribution in [0.1, 0.15) is 30.8 Å². The second kappa shape index (κ2) is 7.51. The highest BCUT2D eigenvalue weighted by molar-refractivity contribution is 7.09. The lowest BCUT2D eigenvalue weighted by Crippen LogP contribution is -2.06. The van der Waals surface area contributed by atoms with Gasteiger partial charge in [0.15, 0.2) is 0 Å². The Morgan fingerprint density at radius 3 is 3.15 bits per heavy atom. The summed E-state index contributed by atoms with van der Waals surface area (Å²) in [6.07, 6.45) is 3.09. The van der Waals surface area contributed by atoms with E-state index in [2.05, 4.69) is 23.3 Å². The molecule has 1 atom stereocenters. The quantitative estimate of drug-likeness (QED) is 0.782. The van der Waals surface area contributed by atoms with Gasteiger partial charge in [0.1, 0.15) is 10.8 Å². The van der Waals surface area contributed by atoms with E-state index in [4.69, 9.17) is 10.00 Å². The number of rotatable bonds is 7. The smallest absolute Gasteiger partial charge is 0.121 e. The minimum absolute atomic E-state index is 0.170. The molecule has 0 bridgehead atoms. The van der Waals surface area contributed by atoms with Crippen molar-refractivity contribution in [2.45, 2.75) is 25.8 Å². The summed E-state index contributed by atoms with van der Waals surface area (Å²) < 4.78 is 5.62. The van der Waals surface area contributed by atoms with Crippen LogP contribution in [0.15, 0.2) is 35.8 Å². The van der Waals surface area contributed by atoms with Crippen LogP contribution in [0.3, 0.4) is 0 Å². The van der Waals surface area contributed by atoms with E-state index in [1.54, 1.807) is 11.3 Å². The molecule has 20 heavy (non-hydrogen) atoms. The van der Waals surface area contributed by atoms with Gasteiger partial charge in [0.25, 0.3) is 0 Å². The summed E-state index contributed by atoms with van der Waals surface area (Å²) in [4.78, 5) is 4.30. The normalized spacial score (nSPS) is 11.6. The van der Waals surface area contributed by atoms with Crippen LogP contribution in [0.2, 0.25) is 0 Å². The lowest BCUT2D eigenvalue weighted by Gasteiger charge is -2.14. The third-order valence-electron chi connectivity index (χ3n) is 2.74. The molecule has 0 saturated heterocycles. The fourth-order valence-corrected chi connectivity index (χ4v) is 2.42. The van der Waals surface area contributed by atoms with Crippen LogP contribution in [0.25, 0.3) is 0 Å². The van der Waals surface area contributed by atoms with Crippen LogP contribution in [0, 0.1) is 11.3 Å². The fourth-order valence-electron chi connectivity index (χ4n) is 1.78. The number of anilines is 1. The van der Waals surface area contributed by atoms with E-state index in [0.717, 1.165) is 22.9 Å². The van der Waals surface area contributed by atoms with Crippen LogP contribution in [0.4, 0.5) is 5.69 Å². The molecule has 4 nitrogen and oxygen atoms in total.